The van der Waals surface area contributed by atoms with Gasteiger partial charge in [-0.25, -0.2) is 4.98 Å². The summed E-state index contributed by atoms with van der Waals surface area (Å²) >= 11 is 0. The normalized spacial score (nSPS) is 17.1. The summed E-state index contributed by atoms with van der Waals surface area (Å²) in [6.45, 7) is 2.03. The minimum absolute atomic E-state index is 0.353. The Morgan fingerprint density at radius 3 is 2.76 bits per heavy atom. The van der Waals surface area contributed by atoms with Crippen LogP contribution in [0.2, 0.25) is 0 Å². The quantitative estimate of drug-likeness (QED) is 0.498. The fourth-order valence-corrected chi connectivity index (χ4v) is 4.27. The maximum atomic E-state index is 5.28. The van der Waals surface area contributed by atoms with Crippen molar-refractivity contribution >= 4 is 5.52 Å². The van der Waals surface area contributed by atoms with Gasteiger partial charge in [0.25, 0.3) is 0 Å². The van der Waals surface area contributed by atoms with Gasteiger partial charge < -0.3 is 9.14 Å². The predicted molar refractivity (Wildman–Crippen MR) is 114 cm³/mol. The molecule has 1 aliphatic rings. The average molecular weight is 384 g/mol. The second-order valence-corrected chi connectivity index (χ2v) is 7.56. The van der Waals surface area contributed by atoms with E-state index in [1.54, 1.807) is 13.3 Å². The molecule has 5 rings (SSSR count). The van der Waals surface area contributed by atoms with Crippen LogP contribution in [0.3, 0.4) is 0 Å². The summed E-state index contributed by atoms with van der Waals surface area (Å²) in [5, 5.41) is 0. The van der Waals surface area contributed by atoms with Crippen molar-refractivity contribution in [2.45, 2.75) is 25.4 Å². The van der Waals surface area contributed by atoms with Gasteiger partial charge in [0, 0.05) is 30.7 Å². The SMILES string of the molecule is COc1ccc(CN2CCC[C@H]2c2ncn3cc(-c4cccnc4)ccc23)cc1. The molecule has 0 bridgehead atoms. The van der Waals surface area contributed by atoms with E-state index in [1.807, 2.05) is 30.7 Å². The Bertz CT molecular complexity index is 1100. The van der Waals surface area contributed by atoms with Gasteiger partial charge in [-0.1, -0.05) is 24.3 Å². The van der Waals surface area contributed by atoms with Crippen LogP contribution >= 0.6 is 0 Å². The van der Waals surface area contributed by atoms with Crippen molar-refractivity contribution in [1.29, 1.82) is 0 Å². The summed E-state index contributed by atoms with van der Waals surface area (Å²) in [7, 11) is 1.70. The van der Waals surface area contributed by atoms with E-state index >= 15 is 0 Å². The van der Waals surface area contributed by atoms with Crippen LogP contribution < -0.4 is 4.74 Å². The van der Waals surface area contributed by atoms with Crippen LogP contribution in [0.4, 0.5) is 0 Å². The molecule has 4 heterocycles. The summed E-state index contributed by atoms with van der Waals surface area (Å²) in [5.41, 5.74) is 5.93. The highest BCUT2D eigenvalue weighted by Crippen LogP contribution is 2.35. The maximum Gasteiger partial charge on any atom is 0.118 e. The number of imidazole rings is 1. The lowest BCUT2D eigenvalue weighted by Crippen LogP contribution is -2.23. The van der Waals surface area contributed by atoms with Crippen molar-refractivity contribution in [3.05, 3.63) is 84.7 Å². The lowest BCUT2D eigenvalue weighted by Gasteiger charge is -2.23. The topological polar surface area (TPSA) is 42.7 Å². The molecule has 29 heavy (non-hydrogen) atoms. The molecular formula is C24H24N4O. The number of likely N-dealkylation sites (tertiary alicyclic amines) is 1. The van der Waals surface area contributed by atoms with Gasteiger partial charge >= 0.3 is 0 Å². The smallest absolute Gasteiger partial charge is 0.118 e. The van der Waals surface area contributed by atoms with Crippen LogP contribution in [0.5, 0.6) is 5.75 Å². The molecule has 0 amide bonds. The van der Waals surface area contributed by atoms with Crippen molar-refractivity contribution in [2.75, 3.05) is 13.7 Å². The number of rotatable bonds is 5. The van der Waals surface area contributed by atoms with Crippen LogP contribution in [-0.4, -0.2) is 32.9 Å². The highest BCUT2D eigenvalue weighted by Gasteiger charge is 2.29. The van der Waals surface area contributed by atoms with Crippen molar-refractivity contribution in [2.24, 2.45) is 0 Å². The minimum atomic E-state index is 0.353. The van der Waals surface area contributed by atoms with Crippen molar-refractivity contribution < 1.29 is 4.74 Å². The first-order valence-corrected chi connectivity index (χ1v) is 10.1. The standard InChI is InChI=1S/C24H24N4O/c1-29-21-9-6-18(7-10-21)15-27-13-3-5-22(27)24-23-11-8-20(16-28(23)17-26-24)19-4-2-12-25-14-19/h2,4,6-12,14,16-17,22H,3,5,13,15H2,1H3/t22-/m0/s1. The molecule has 1 saturated heterocycles. The number of pyridine rings is 2. The number of benzene rings is 1. The van der Waals surface area contributed by atoms with E-state index in [1.165, 1.54) is 23.2 Å². The van der Waals surface area contributed by atoms with Gasteiger partial charge in [0.1, 0.15) is 5.75 Å². The highest BCUT2D eigenvalue weighted by atomic mass is 16.5. The van der Waals surface area contributed by atoms with Gasteiger partial charge in [0.15, 0.2) is 0 Å². The number of methoxy groups -OCH3 is 1. The Hall–Kier alpha value is -3.18. The molecule has 0 radical (unpaired) electrons. The molecule has 3 aromatic heterocycles. The summed E-state index contributed by atoms with van der Waals surface area (Å²) < 4.78 is 7.42. The second kappa shape index (κ2) is 7.68. The van der Waals surface area contributed by atoms with Gasteiger partial charge in [-0.3, -0.25) is 9.88 Å². The molecular weight excluding hydrogens is 360 g/mol. The minimum Gasteiger partial charge on any atom is -0.497 e. The molecule has 4 aromatic rings. The Morgan fingerprint density at radius 2 is 1.97 bits per heavy atom. The predicted octanol–water partition coefficient (Wildman–Crippen LogP) is 4.74. The van der Waals surface area contributed by atoms with Crippen molar-refractivity contribution in [3.63, 3.8) is 0 Å². The Morgan fingerprint density at radius 1 is 1.07 bits per heavy atom. The zero-order valence-corrected chi connectivity index (χ0v) is 16.5. The zero-order valence-electron chi connectivity index (χ0n) is 16.5. The summed E-state index contributed by atoms with van der Waals surface area (Å²) in [4.78, 5) is 11.6. The van der Waals surface area contributed by atoms with Crippen LogP contribution in [0.1, 0.15) is 30.1 Å². The molecule has 0 unspecified atom stereocenters. The molecule has 1 fully saturated rings. The third-order valence-corrected chi connectivity index (χ3v) is 5.78. The molecule has 1 atom stereocenters. The first kappa shape index (κ1) is 17.9. The molecule has 1 aromatic carbocycles. The van der Waals surface area contributed by atoms with E-state index in [9.17, 15) is 0 Å². The fourth-order valence-electron chi connectivity index (χ4n) is 4.27. The van der Waals surface area contributed by atoms with Gasteiger partial charge in [-0.15, -0.1) is 0 Å². The molecule has 1 aliphatic heterocycles. The third kappa shape index (κ3) is 3.49. The fraction of sp³-hybridized carbons (Fsp3) is 0.250. The van der Waals surface area contributed by atoms with E-state index in [0.717, 1.165) is 36.4 Å². The van der Waals surface area contributed by atoms with E-state index in [0.29, 0.717) is 6.04 Å². The Labute approximate surface area is 170 Å². The van der Waals surface area contributed by atoms with Crippen LogP contribution in [0.25, 0.3) is 16.6 Å². The second-order valence-electron chi connectivity index (χ2n) is 7.56. The molecule has 146 valence electrons. The van der Waals surface area contributed by atoms with Crippen LogP contribution in [-0.2, 0) is 6.54 Å². The number of nitrogens with zero attached hydrogens (tertiary/aromatic N) is 4. The van der Waals surface area contributed by atoms with Crippen LogP contribution in [0.15, 0.2) is 73.4 Å². The number of hydrogen-bond acceptors (Lipinski definition) is 4. The Balaban J connectivity index is 1.41. The van der Waals surface area contributed by atoms with Crippen molar-refractivity contribution in [3.8, 4) is 16.9 Å². The zero-order chi connectivity index (χ0) is 19.6. The van der Waals surface area contributed by atoms with Gasteiger partial charge in [-0.05, 0) is 54.8 Å². The van der Waals surface area contributed by atoms with Crippen LogP contribution in [0, 0.1) is 0 Å². The average Bonchev–Trinajstić information content (AvgIpc) is 3.41. The number of ether oxygens (including phenoxy) is 1. The first-order chi connectivity index (χ1) is 14.3. The number of aromatic nitrogens is 3. The molecule has 0 spiro atoms. The highest BCUT2D eigenvalue weighted by molar-refractivity contribution is 5.66. The van der Waals surface area contributed by atoms with E-state index < -0.39 is 0 Å². The molecule has 0 N–H and O–H groups in total. The summed E-state index contributed by atoms with van der Waals surface area (Å²) in [5.74, 6) is 0.899. The first-order valence-electron chi connectivity index (χ1n) is 10.1. The summed E-state index contributed by atoms with van der Waals surface area (Å²) in [6, 6.07) is 17.1. The summed E-state index contributed by atoms with van der Waals surface area (Å²) in [6.07, 6.45) is 10.1. The molecule has 5 heteroatoms. The lowest BCUT2D eigenvalue weighted by molar-refractivity contribution is 0.246. The number of hydrogen-bond donors (Lipinski definition) is 0. The largest absolute Gasteiger partial charge is 0.497 e. The third-order valence-electron chi connectivity index (χ3n) is 5.78. The maximum absolute atomic E-state index is 5.28. The van der Waals surface area contributed by atoms with Gasteiger partial charge in [0.2, 0.25) is 0 Å². The van der Waals surface area contributed by atoms with Crippen molar-refractivity contribution in [1.82, 2.24) is 19.3 Å². The van der Waals surface area contributed by atoms with E-state index in [2.05, 4.69) is 50.8 Å². The number of fused-ring (bicyclic) bond motifs is 1. The molecule has 5 nitrogen and oxygen atoms in total. The Kier molecular flexibility index (Phi) is 4.74. The lowest BCUT2D eigenvalue weighted by atomic mass is 10.1. The monoisotopic (exact) mass is 384 g/mol. The molecule has 0 aliphatic carbocycles. The molecule has 0 saturated carbocycles. The van der Waals surface area contributed by atoms with E-state index in [4.69, 9.17) is 9.72 Å². The van der Waals surface area contributed by atoms with Gasteiger partial charge in [-0.2, -0.15) is 0 Å². The van der Waals surface area contributed by atoms with E-state index in [-0.39, 0.29) is 0 Å². The van der Waals surface area contributed by atoms with Gasteiger partial charge in [0.05, 0.1) is 30.7 Å².